The summed E-state index contributed by atoms with van der Waals surface area (Å²) in [5, 5.41) is 2.87. The van der Waals surface area contributed by atoms with Crippen LogP contribution in [0, 0.1) is 0 Å². The van der Waals surface area contributed by atoms with Gasteiger partial charge in [-0.3, -0.25) is 4.79 Å². The number of thioether (sulfide) groups is 1. The van der Waals surface area contributed by atoms with E-state index in [1.807, 2.05) is 54.8 Å². The number of hydrogen-bond donors (Lipinski definition) is 2. The SMILES string of the molecule is COc1cc(CNC(=O)[C@@H](N)CCSC)ccc1OCc1ccccc1.Cl. The van der Waals surface area contributed by atoms with Crippen molar-refractivity contribution in [3.8, 4) is 11.5 Å². The smallest absolute Gasteiger partial charge is 0.237 e. The highest BCUT2D eigenvalue weighted by Crippen LogP contribution is 2.28. The Kier molecular flexibility index (Phi) is 10.7. The summed E-state index contributed by atoms with van der Waals surface area (Å²) in [5.41, 5.74) is 7.89. The molecular weight excluding hydrogens is 384 g/mol. The van der Waals surface area contributed by atoms with Crippen LogP contribution >= 0.6 is 24.2 Å². The van der Waals surface area contributed by atoms with Crippen LogP contribution in [0.4, 0.5) is 0 Å². The number of carbonyl (C=O) groups excluding carboxylic acids is 1. The maximum atomic E-state index is 12.0. The zero-order valence-electron chi connectivity index (χ0n) is 15.6. The first-order valence-electron chi connectivity index (χ1n) is 8.50. The van der Waals surface area contributed by atoms with Crippen LogP contribution in [0.3, 0.4) is 0 Å². The van der Waals surface area contributed by atoms with Gasteiger partial charge < -0.3 is 20.5 Å². The van der Waals surface area contributed by atoms with Gasteiger partial charge in [0, 0.05) is 6.54 Å². The second-order valence-corrected chi connectivity index (χ2v) is 6.85. The largest absolute Gasteiger partial charge is 0.493 e. The summed E-state index contributed by atoms with van der Waals surface area (Å²) in [6, 6.07) is 15.1. The normalized spacial score (nSPS) is 11.2. The highest BCUT2D eigenvalue weighted by molar-refractivity contribution is 7.98. The van der Waals surface area contributed by atoms with Crippen LogP contribution in [0.5, 0.6) is 11.5 Å². The number of hydrogen-bond acceptors (Lipinski definition) is 5. The van der Waals surface area contributed by atoms with E-state index in [9.17, 15) is 4.79 Å². The van der Waals surface area contributed by atoms with E-state index >= 15 is 0 Å². The number of nitrogens with one attached hydrogen (secondary N) is 1. The summed E-state index contributed by atoms with van der Waals surface area (Å²) in [6.45, 7) is 0.874. The fraction of sp³-hybridized carbons (Fsp3) is 0.350. The Balaban J connectivity index is 0.00000364. The highest BCUT2D eigenvalue weighted by Gasteiger charge is 2.13. The van der Waals surface area contributed by atoms with Crippen molar-refractivity contribution in [3.63, 3.8) is 0 Å². The Hall–Kier alpha value is -1.89. The minimum Gasteiger partial charge on any atom is -0.493 e. The lowest BCUT2D eigenvalue weighted by Gasteiger charge is -2.14. The van der Waals surface area contributed by atoms with E-state index in [0.717, 1.165) is 16.9 Å². The summed E-state index contributed by atoms with van der Waals surface area (Å²) in [4.78, 5) is 12.0. The number of ether oxygens (including phenoxy) is 2. The molecule has 2 aromatic rings. The molecule has 0 heterocycles. The third-order valence-corrected chi connectivity index (χ3v) is 4.55. The quantitative estimate of drug-likeness (QED) is 0.628. The standard InChI is InChI=1S/C20H26N2O3S.ClH/c1-24-19-12-16(13-22-20(23)17(21)10-11-26-2)8-9-18(19)25-14-15-6-4-3-5-7-15;/h3-9,12,17H,10-11,13-14,21H2,1-2H3,(H,22,23);1H/t17-;/m0./s1. The summed E-state index contributed by atoms with van der Waals surface area (Å²) in [7, 11) is 1.60. The molecule has 0 saturated carbocycles. The molecule has 1 amide bonds. The minimum absolute atomic E-state index is 0. The molecule has 0 spiro atoms. The van der Waals surface area contributed by atoms with Crippen LogP contribution in [0.25, 0.3) is 0 Å². The molecule has 3 N–H and O–H groups in total. The van der Waals surface area contributed by atoms with Crippen molar-refractivity contribution in [2.24, 2.45) is 5.73 Å². The van der Waals surface area contributed by atoms with E-state index in [0.29, 0.717) is 31.1 Å². The predicted molar refractivity (Wildman–Crippen MR) is 114 cm³/mol. The zero-order valence-corrected chi connectivity index (χ0v) is 17.3. The first-order valence-corrected chi connectivity index (χ1v) is 9.89. The lowest BCUT2D eigenvalue weighted by Crippen LogP contribution is -2.40. The summed E-state index contributed by atoms with van der Waals surface area (Å²) in [6.07, 6.45) is 2.67. The summed E-state index contributed by atoms with van der Waals surface area (Å²) >= 11 is 1.68. The number of benzene rings is 2. The molecule has 0 aromatic heterocycles. The van der Waals surface area contributed by atoms with E-state index in [1.54, 1.807) is 18.9 Å². The second-order valence-electron chi connectivity index (χ2n) is 5.87. The van der Waals surface area contributed by atoms with Gasteiger partial charge in [-0.1, -0.05) is 36.4 Å². The van der Waals surface area contributed by atoms with E-state index < -0.39 is 6.04 Å². The third kappa shape index (κ3) is 7.71. The van der Waals surface area contributed by atoms with Crippen LogP contribution in [0.1, 0.15) is 17.5 Å². The van der Waals surface area contributed by atoms with Crippen molar-refractivity contribution >= 4 is 30.1 Å². The Bertz CT molecular complexity index is 701. The lowest BCUT2D eigenvalue weighted by molar-refractivity contribution is -0.122. The van der Waals surface area contributed by atoms with Crippen LogP contribution in [-0.4, -0.2) is 31.1 Å². The molecule has 2 rings (SSSR count). The van der Waals surface area contributed by atoms with Gasteiger partial charge in [-0.2, -0.15) is 11.8 Å². The third-order valence-electron chi connectivity index (χ3n) is 3.90. The topological polar surface area (TPSA) is 73.6 Å². The Morgan fingerprint density at radius 2 is 1.89 bits per heavy atom. The number of amides is 1. The molecule has 0 bridgehead atoms. The van der Waals surface area contributed by atoms with Crippen LogP contribution in [0.15, 0.2) is 48.5 Å². The fourth-order valence-electron chi connectivity index (χ4n) is 2.37. The van der Waals surface area contributed by atoms with Crippen molar-refractivity contribution in [2.75, 3.05) is 19.1 Å². The maximum Gasteiger partial charge on any atom is 0.237 e. The summed E-state index contributed by atoms with van der Waals surface area (Å²) < 4.78 is 11.3. The van der Waals surface area contributed by atoms with Crippen LogP contribution in [-0.2, 0) is 17.9 Å². The number of carbonyl (C=O) groups is 1. The van der Waals surface area contributed by atoms with Gasteiger partial charge >= 0.3 is 0 Å². The van der Waals surface area contributed by atoms with E-state index in [4.69, 9.17) is 15.2 Å². The number of methoxy groups -OCH3 is 1. The lowest BCUT2D eigenvalue weighted by atomic mass is 10.1. The van der Waals surface area contributed by atoms with Crippen molar-refractivity contribution in [1.29, 1.82) is 0 Å². The monoisotopic (exact) mass is 410 g/mol. The summed E-state index contributed by atoms with van der Waals surface area (Å²) in [5.74, 6) is 2.04. The van der Waals surface area contributed by atoms with Crippen molar-refractivity contribution < 1.29 is 14.3 Å². The fourth-order valence-corrected chi connectivity index (χ4v) is 2.86. The molecule has 1 atom stereocenters. The Morgan fingerprint density at radius 1 is 1.15 bits per heavy atom. The molecule has 0 fully saturated rings. The molecule has 5 nitrogen and oxygen atoms in total. The Labute approximate surface area is 171 Å². The van der Waals surface area contributed by atoms with Gasteiger partial charge in [-0.05, 0) is 41.7 Å². The van der Waals surface area contributed by atoms with E-state index in [-0.39, 0.29) is 18.3 Å². The van der Waals surface area contributed by atoms with Gasteiger partial charge in [-0.25, -0.2) is 0 Å². The van der Waals surface area contributed by atoms with Crippen molar-refractivity contribution in [3.05, 3.63) is 59.7 Å². The predicted octanol–water partition coefficient (Wildman–Crippen LogP) is 3.39. The molecule has 27 heavy (non-hydrogen) atoms. The Morgan fingerprint density at radius 3 is 2.56 bits per heavy atom. The zero-order chi connectivity index (χ0) is 18.8. The average molecular weight is 411 g/mol. The second kappa shape index (κ2) is 12.5. The molecule has 2 aromatic carbocycles. The highest BCUT2D eigenvalue weighted by atomic mass is 35.5. The van der Waals surface area contributed by atoms with Crippen LogP contribution in [0.2, 0.25) is 0 Å². The van der Waals surface area contributed by atoms with E-state index in [2.05, 4.69) is 5.32 Å². The molecule has 0 radical (unpaired) electrons. The number of halogens is 1. The minimum atomic E-state index is -0.474. The van der Waals surface area contributed by atoms with Gasteiger partial charge in [-0.15, -0.1) is 12.4 Å². The van der Waals surface area contributed by atoms with Gasteiger partial charge in [0.2, 0.25) is 5.91 Å². The molecule has 0 aliphatic heterocycles. The molecular formula is C20H27ClN2O3S. The van der Waals surface area contributed by atoms with Gasteiger partial charge in [0.1, 0.15) is 6.61 Å². The van der Waals surface area contributed by atoms with Gasteiger partial charge in [0.05, 0.1) is 13.2 Å². The van der Waals surface area contributed by atoms with Gasteiger partial charge in [0.15, 0.2) is 11.5 Å². The first-order chi connectivity index (χ1) is 12.6. The van der Waals surface area contributed by atoms with Crippen molar-refractivity contribution in [2.45, 2.75) is 25.6 Å². The number of rotatable bonds is 10. The molecule has 7 heteroatoms. The maximum absolute atomic E-state index is 12.0. The molecule has 0 unspecified atom stereocenters. The molecule has 0 aliphatic carbocycles. The average Bonchev–Trinajstić information content (AvgIpc) is 2.69. The molecule has 0 aliphatic rings. The molecule has 0 saturated heterocycles. The van der Waals surface area contributed by atoms with E-state index in [1.165, 1.54) is 0 Å². The van der Waals surface area contributed by atoms with Gasteiger partial charge in [0.25, 0.3) is 0 Å². The number of nitrogens with two attached hydrogens (primary N) is 1. The first kappa shape index (κ1) is 23.1. The molecule has 148 valence electrons. The van der Waals surface area contributed by atoms with Crippen molar-refractivity contribution in [1.82, 2.24) is 5.32 Å². The van der Waals surface area contributed by atoms with Crippen LogP contribution < -0.4 is 20.5 Å².